The van der Waals surface area contributed by atoms with Crippen LogP contribution in [0.1, 0.15) is 63.8 Å². The number of fused-ring (bicyclic) bond motifs is 1. The van der Waals surface area contributed by atoms with Gasteiger partial charge in [0.1, 0.15) is 5.67 Å². The second kappa shape index (κ2) is 10.1. The molecule has 0 aromatic heterocycles. The lowest BCUT2D eigenvalue weighted by molar-refractivity contribution is 0.0741. The van der Waals surface area contributed by atoms with Crippen LogP contribution in [-0.2, 0) is 10.8 Å². The Labute approximate surface area is 217 Å². The average molecular weight is 505 g/mol. The Morgan fingerprint density at radius 2 is 1.50 bits per heavy atom. The highest BCUT2D eigenvalue weighted by Crippen LogP contribution is 2.40. The quantitative estimate of drug-likeness (QED) is 0.314. The number of rotatable bonds is 7. The van der Waals surface area contributed by atoms with Crippen molar-refractivity contribution in [3.8, 4) is 0 Å². The minimum absolute atomic E-state index is 0.0378. The molecule has 0 saturated carbocycles. The van der Waals surface area contributed by atoms with Crippen molar-refractivity contribution in [2.24, 2.45) is 0 Å². The van der Waals surface area contributed by atoms with Crippen LogP contribution in [0.3, 0.4) is 0 Å². The molecular formula is C31H41FN2OSi. The minimum Gasteiger partial charge on any atom is -0.404 e. The van der Waals surface area contributed by atoms with Crippen LogP contribution < -0.4 is 21.4 Å². The molecule has 36 heavy (non-hydrogen) atoms. The van der Waals surface area contributed by atoms with Crippen molar-refractivity contribution in [2.75, 3.05) is 12.3 Å². The Balaban J connectivity index is 1.67. The smallest absolute Gasteiger partial charge is 0.261 e. The van der Waals surface area contributed by atoms with Crippen molar-refractivity contribution in [2.45, 2.75) is 77.2 Å². The van der Waals surface area contributed by atoms with Crippen LogP contribution >= 0.6 is 0 Å². The van der Waals surface area contributed by atoms with E-state index in [1.54, 1.807) is 6.92 Å². The van der Waals surface area contributed by atoms with Gasteiger partial charge < -0.3 is 15.5 Å². The van der Waals surface area contributed by atoms with Gasteiger partial charge in [-0.05, 0) is 65.4 Å². The number of nitrogen functional groups attached to an aromatic ring is 1. The summed E-state index contributed by atoms with van der Waals surface area (Å²) in [5.74, 6) is 0. The van der Waals surface area contributed by atoms with Gasteiger partial charge >= 0.3 is 0 Å². The maximum Gasteiger partial charge on any atom is 0.261 e. The molecule has 0 bridgehead atoms. The molecule has 1 heterocycles. The molecular weight excluding hydrogens is 463 g/mol. The van der Waals surface area contributed by atoms with E-state index in [-0.39, 0.29) is 23.7 Å². The summed E-state index contributed by atoms with van der Waals surface area (Å²) in [4.78, 5) is 0. The lowest BCUT2D eigenvalue weighted by atomic mass is 9.83. The highest BCUT2D eigenvalue weighted by atomic mass is 28.4. The van der Waals surface area contributed by atoms with Gasteiger partial charge in [-0.25, -0.2) is 4.39 Å². The summed E-state index contributed by atoms with van der Waals surface area (Å²) in [5.41, 5.74) is 9.03. The molecule has 192 valence electrons. The molecule has 3 nitrogen and oxygen atoms in total. The SMILES string of the molecule is Cc1c(N)ccc2c1CC(C)NC2CC(C)(F)CO[Si](c1ccccc1)(c1ccccc1)C(C)(C)C. The van der Waals surface area contributed by atoms with E-state index in [1.165, 1.54) is 15.9 Å². The summed E-state index contributed by atoms with van der Waals surface area (Å²) in [7, 11) is -2.80. The van der Waals surface area contributed by atoms with Gasteiger partial charge in [-0.1, -0.05) is 87.5 Å². The van der Waals surface area contributed by atoms with E-state index in [2.05, 4.69) is 94.5 Å². The Morgan fingerprint density at radius 3 is 2.03 bits per heavy atom. The molecule has 1 aliphatic heterocycles. The summed E-state index contributed by atoms with van der Waals surface area (Å²) in [6.07, 6.45) is 1.25. The topological polar surface area (TPSA) is 47.3 Å². The van der Waals surface area contributed by atoms with Crippen LogP contribution in [0.15, 0.2) is 72.8 Å². The predicted molar refractivity (Wildman–Crippen MR) is 152 cm³/mol. The number of hydrogen-bond acceptors (Lipinski definition) is 3. The number of hydrogen-bond donors (Lipinski definition) is 2. The Bertz CT molecular complexity index is 1130. The Hall–Kier alpha value is -2.47. The first-order valence-corrected chi connectivity index (χ1v) is 14.9. The van der Waals surface area contributed by atoms with E-state index >= 15 is 4.39 Å². The van der Waals surface area contributed by atoms with Gasteiger partial charge in [0.2, 0.25) is 0 Å². The molecule has 5 heteroatoms. The van der Waals surface area contributed by atoms with Gasteiger partial charge in [0.15, 0.2) is 0 Å². The molecule has 0 saturated heterocycles. The maximum absolute atomic E-state index is 16.5. The fourth-order valence-corrected chi connectivity index (χ4v) is 10.5. The van der Waals surface area contributed by atoms with Crippen molar-refractivity contribution < 1.29 is 8.82 Å². The zero-order valence-electron chi connectivity index (χ0n) is 22.6. The third-order valence-electron chi connectivity index (χ3n) is 7.68. The van der Waals surface area contributed by atoms with E-state index in [1.807, 2.05) is 18.2 Å². The highest BCUT2D eigenvalue weighted by molar-refractivity contribution is 6.99. The van der Waals surface area contributed by atoms with E-state index in [4.69, 9.17) is 10.2 Å². The van der Waals surface area contributed by atoms with Crippen molar-refractivity contribution in [1.29, 1.82) is 0 Å². The maximum atomic E-state index is 16.5. The fourth-order valence-electron chi connectivity index (χ4n) is 5.87. The first kappa shape index (κ1) is 26.6. The fraction of sp³-hybridized carbons (Fsp3) is 0.419. The minimum atomic E-state index is -2.80. The summed E-state index contributed by atoms with van der Waals surface area (Å²) >= 11 is 0. The normalized spacial score (nSPS) is 20.0. The standard InChI is InChI=1S/C31H41FN2OSi/c1-22-19-27-23(2)28(33)18-17-26(27)29(34-22)20-31(6,32)21-35-36(30(3,4)5,24-13-9-7-10-14-24)25-15-11-8-12-16-25/h7-18,22,29,34H,19-21,33H2,1-6H3. The van der Waals surface area contributed by atoms with Gasteiger partial charge in [-0.3, -0.25) is 0 Å². The van der Waals surface area contributed by atoms with Gasteiger partial charge in [0.25, 0.3) is 8.32 Å². The van der Waals surface area contributed by atoms with Crippen LogP contribution in [0.2, 0.25) is 5.04 Å². The molecule has 1 aliphatic rings. The molecule has 0 amide bonds. The average Bonchev–Trinajstić information content (AvgIpc) is 2.82. The molecule has 3 unspecified atom stereocenters. The summed E-state index contributed by atoms with van der Waals surface area (Å²) in [5, 5.41) is 5.79. The van der Waals surface area contributed by atoms with E-state index < -0.39 is 14.0 Å². The van der Waals surface area contributed by atoms with Crippen molar-refractivity contribution in [1.82, 2.24) is 5.32 Å². The molecule has 3 N–H and O–H groups in total. The van der Waals surface area contributed by atoms with Gasteiger partial charge in [0, 0.05) is 24.2 Å². The lowest BCUT2D eigenvalue weighted by Gasteiger charge is -2.44. The van der Waals surface area contributed by atoms with E-state index in [0.29, 0.717) is 6.42 Å². The zero-order chi connectivity index (χ0) is 26.1. The monoisotopic (exact) mass is 504 g/mol. The van der Waals surface area contributed by atoms with Crippen LogP contribution in [-0.4, -0.2) is 26.6 Å². The molecule has 3 aromatic rings. The molecule has 0 aliphatic carbocycles. The van der Waals surface area contributed by atoms with Crippen LogP contribution in [0, 0.1) is 6.92 Å². The molecule has 3 atom stereocenters. The highest BCUT2D eigenvalue weighted by Gasteiger charge is 2.51. The van der Waals surface area contributed by atoms with E-state index in [0.717, 1.165) is 23.2 Å². The Morgan fingerprint density at radius 1 is 0.944 bits per heavy atom. The number of halogens is 1. The largest absolute Gasteiger partial charge is 0.404 e. The summed E-state index contributed by atoms with van der Waals surface area (Å²) < 4.78 is 23.4. The number of alkyl halides is 1. The first-order valence-electron chi connectivity index (χ1n) is 13.0. The van der Waals surface area contributed by atoms with Crippen LogP contribution in [0.25, 0.3) is 0 Å². The summed E-state index contributed by atoms with van der Waals surface area (Å²) in [6.45, 7) is 12.6. The van der Waals surface area contributed by atoms with Gasteiger partial charge in [0.05, 0.1) is 6.61 Å². The van der Waals surface area contributed by atoms with Crippen molar-refractivity contribution in [3.05, 3.63) is 89.5 Å². The van der Waals surface area contributed by atoms with Crippen molar-refractivity contribution >= 4 is 24.4 Å². The third kappa shape index (κ3) is 5.15. The molecule has 0 radical (unpaired) electrons. The predicted octanol–water partition coefficient (Wildman–Crippen LogP) is 5.85. The Kier molecular flexibility index (Phi) is 7.47. The zero-order valence-corrected chi connectivity index (χ0v) is 23.6. The summed E-state index contributed by atoms with van der Waals surface area (Å²) in [6, 6.07) is 25.1. The first-order chi connectivity index (χ1) is 16.9. The number of anilines is 1. The number of nitrogens with two attached hydrogens (primary N) is 1. The number of nitrogens with one attached hydrogen (secondary N) is 1. The molecule has 0 spiro atoms. The molecule has 3 aromatic carbocycles. The second-order valence-electron chi connectivity index (χ2n) is 11.7. The molecule has 0 fully saturated rings. The van der Waals surface area contributed by atoms with Crippen LogP contribution in [0.5, 0.6) is 0 Å². The van der Waals surface area contributed by atoms with Crippen molar-refractivity contribution in [3.63, 3.8) is 0 Å². The van der Waals surface area contributed by atoms with Gasteiger partial charge in [-0.15, -0.1) is 0 Å². The lowest BCUT2D eigenvalue weighted by Crippen LogP contribution is -2.67. The van der Waals surface area contributed by atoms with Gasteiger partial charge in [-0.2, -0.15) is 0 Å². The van der Waals surface area contributed by atoms with E-state index in [9.17, 15) is 0 Å². The van der Waals surface area contributed by atoms with Crippen LogP contribution in [0.4, 0.5) is 10.1 Å². The third-order valence-corrected chi connectivity index (χ3v) is 12.7. The molecule has 4 rings (SSSR count). The second-order valence-corrected chi connectivity index (χ2v) is 16.0. The number of benzene rings is 3.